The molecule has 0 unspecified atom stereocenters. The molecule has 0 bridgehead atoms. The molecule has 1 aliphatic rings. The molecule has 0 spiro atoms. The number of imidazole rings is 1. The fourth-order valence-corrected chi connectivity index (χ4v) is 4.13. The van der Waals surface area contributed by atoms with E-state index in [1.165, 1.54) is 10.7 Å². The number of hydrogen-bond acceptors (Lipinski definition) is 4. The molecule has 23 heavy (non-hydrogen) atoms. The molecule has 1 fully saturated rings. The van der Waals surface area contributed by atoms with Crippen LogP contribution in [0, 0.1) is 0 Å². The molecule has 0 saturated carbocycles. The average molecular weight is 332 g/mol. The molecule has 0 N–H and O–H groups in total. The van der Waals surface area contributed by atoms with Crippen LogP contribution < -0.4 is 0 Å². The highest BCUT2D eigenvalue weighted by Crippen LogP contribution is 2.31. The third-order valence-corrected chi connectivity index (χ3v) is 5.57. The standard InChI is InChI=1S/C17H24N4OS/c1-12(2)15-10-23-16(19-15)14-5-4-7-20(9-14)17(22)13(3)21-8-6-18-11-21/h6,8,10-14H,4-5,7,9H2,1-3H3/t13-,14+/m0/s1. The zero-order chi connectivity index (χ0) is 16.4. The first kappa shape index (κ1) is 16.2. The Morgan fingerprint density at radius 3 is 2.87 bits per heavy atom. The number of amides is 1. The maximum absolute atomic E-state index is 12.7. The van der Waals surface area contributed by atoms with Crippen LogP contribution >= 0.6 is 11.3 Å². The van der Waals surface area contributed by atoms with Gasteiger partial charge in [0, 0.05) is 36.8 Å². The molecule has 0 aromatic carbocycles. The summed E-state index contributed by atoms with van der Waals surface area (Å²) in [5.74, 6) is 1.01. The fourth-order valence-electron chi connectivity index (χ4n) is 3.02. The van der Waals surface area contributed by atoms with Crippen molar-refractivity contribution in [2.45, 2.75) is 51.5 Å². The van der Waals surface area contributed by atoms with Gasteiger partial charge in [0.25, 0.3) is 0 Å². The largest absolute Gasteiger partial charge is 0.340 e. The Morgan fingerprint density at radius 2 is 2.22 bits per heavy atom. The van der Waals surface area contributed by atoms with Gasteiger partial charge < -0.3 is 9.47 Å². The number of piperidine rings is 1. The first-order chi connectivity index (χ1) is 11.1. The lowest BCUT2D eigenvalue weighted by molar-refractivity contribution is -0.135. The monoisotopic (exact) mass is 332 g/mol. The van der Waals surface area contributed by atoms with Crippen LogP contribution in [0.2, 0.25) is 0 Å². The molecule has 0 aliphatic carbocycles. The summed E-state index contributed by atoms with van der Waals surface area (Å²) in [4.78, 5) is 23.6. The SMILES string of the molecule is CC(C)c1csc([C@@H]2CCCN(C(=O)[C@H](C)n3ccnc3)C2)n1. The van der Waals surface area contributed by atoms with Crippen LogP contribution in [-0.4, -0.2) is 38.4 Å². The summed E-state index contributed by atoms with van der Waals surface area (Å²) in [5.41, 5.74) is 1.17. The average Bonchev–Trinajstić information content (AvgIpc) is 3.25. The zero-order valence-corrected chi connectivity index (χ0v) is 14.8. The number of likely N-dealkylation sites (tertiary alicyclic amines) is 1. The molecule has 1 aliphatic heterocycles. The van der Waals surface area contributed by atoms with Gasteiger partial charge in [0.15, 0.2) is 0 Å². The second-order valence-corrected chi connectivity index (χ2v) is 7.46. The van der Waals surface area contributed by atoms with Gasteiger partial charge in [-0.15, -0.1) is 11.3 Å². The normalized spacial score (nSPS) is 20.0. The van der Waals surface area contributed by atoms with Crippen LogP contribution in [0.4, 0.5) is 0 Å². The molecule has 3 heterocycles. The summed E-state index contributed by atoms with van der Waals surface area (Å²) >= 11 is 1.74. The summed E-state index contributed by atoms with van der Waals surface area (Å²) in [6.45, 7) is 7.90. The number of thiazole rings is 1. The van der Waals surface area contributed by atoms with Crippen LogP contribution in [0.25, 0.3) is 0 Å². The molecule has 2 aromatic heterocycles. The number of carbonyl (C=O) groups excluding carboxylic acids is 1. The second kappa shape index (κ2) is 6.83. The van der Waals surface area contributed by atoms with E-state index in [0.717, 1.165) is 25.9 Å². The van der Waals surface area contributed by atoms with E-state index in [9.17, 15) is 4.79 Å². The highest BCUT2D eigenvalue weighted by atomic mass is 32.1. The molecule has 5 nitrogen and oxygen atoms in total. The first-order valence-electron chi connectivity index (χ1n) is 8.27. The van der Waals surface area contributed by atoms with Crippen molar-refractivity contribution in [2.24, 2.45) is 0 Å². The van der Waals surface area contributed by atoms with Gasteiger partial charge >= 0.3 is 0 Å². The third kappa shape index (κ3) is 3.47. The maximum Gasteiger partial charge on any atom is 0.245 e. The minimum Gasteiger partial charge on any atom is -0.340 e. The van der Waals surface area contributed by atoms with Crippen molar-refractivity contribution < 1.29 is 4.79 Å². The molecular formula is C17H24N4OS. The molecule has 124 valence electrons. The molecule has 1 amide bonds. The van der Waals surface area contributed by atoms with Gasteiger partial charge in [-0.25, -0.2) is 9.97 Å². The summed E-state index contributed by atoms with van der Waals surface area (Å²) in [6, 6.07) is -0.196. The smallest absolute Gasteiger partial charge is 0.245 e. The summed E-state index contributed by atoms with van der Waals surface area (Å²) in [6.07, 6.45) is 7.43. The Labute approximate surface area is 141 Å². The highest BCUT2D eigenvalue weighted by molar-refractivity contribution is 7.09. The van der Waals surface area contributed by atoms with Crippen LogP contribution in [0.3, 0.4) is 0 Å². The molecule has 0 radical (unpaired) electrons. The van der Waals surface area contributed by atoms with E-state index in [1.54, 1.807) is 23.9 Å². The Balaban J connectivity index is 1.69. The molecule has 3 rings (SSSR count). The molecule has 2 atom stereocenters. The summed E-state index contributed by atoms with van der Waals surface area (Å²) in [7, 11) is 0. The molecule has 2 aromatic rings. The van der Waals surface area contributed by atoms with Crippen LogP contribution in [0.5, 0.6) is 0 Å². The Hall–Kier alpha value is -1.69. The quantitative estimate of drug-likeness (QED) is 0.862. The van der Waals surface area contributed by atoms with E-state index >= 15 is 0 Å². The number of nitrogens with zero attached hydrogens (tertiary/aromatic N) is 4. The van der Waals surface area contributed by atoms with Gasteiger partial charge in [0.05, 0.1) is 17.0 Å². The molecular weight excluding hydrogens is 308 g/mol. The predicted molar refractivity (Wildman–Crippen MR) is 91.7 cm³/mol. The van der Waals surface area contributed by atoms with Crippen LogP contribution in [-0.2, 0) is 4.79 Å². The lowest BCUT2D eigenvalue weighted by atomic mass is 9.98. The summed E-state index contributed by atoms with van der Waals surface area (Å²) < 4.78 is 1.87. The van der Waals surface area contributed by atoms with Crippen molar-refractivity contribution in [3.8, 4) is 0 Å². The van der Waals surface area contributed by atoms with Crippen molar-refractivity contribution in [2.75, 3.05) is 13.1 Å². The van der Waals surface area contributed by atoms with Gasteiger partial charge in [-0.3, -0.25) is 4.79 Å². The van der Waals surface area contributed by atoms with Crippen molar-refractivity contribution in [3.63, 3.8) is 0 Å². The fraction of sp³-hybridized carbons (Fsp3) is 0.588. The number of rotatable bonds is 4. The lowest BCUT2D eigenvalue weighted by Gasteiger charge is -2.33. The van der Waals surface area contributed by atoms with Crippen molar-refractivity contribution in [1.82, 2.24) is 19.4 Å². The number of hydrogen-bond donors (Lipinski definition) is 0. The first-order valence-corrected chi connectivity index (χ1v) is 9.15. The topological polar surface area (TPSA) is 51.0 Å². The summed E-state index contributed by atoms with van der Waals surface area (Å²) in [5, 5.41) is 3.34. The maximum atomic E-state index is 12.7. The van der Waals surface area contributed by atoms with Crippen LogP contribution in [0.15, 0.2) is 24.1 Å². The minimum absolute atomic E-state index is 0.174. The Bertz CT molecular complexity index is 649. The van der Waals surface area contributed by atoms with Crippen molar-refractivity contribution in [1.29, 1.82) is 0 Å². The van der Waals surface area contributed by atoms with E-state index in [4.69, 9.17) is 4.98 Å². The molecule has 1 saturated heterocycles. The number of carbonyl (C=O) groups is 1. The zero-order valence-electron chi connectivity index (χ0n) is 14.0. The van der Waals surface area contributed by atoms with Gasteiger partial charge in [-0.1, -0.05) is 13.8 Å². The van der Waals surface area contributed by atoms with Crippen molar-refractivity contribution >= 4 is 17.2 Å². The predicted octanol–water partition coefficient (Wildman–Crippen LogP) is 3.43. The Kier molecular flexibility index (Phi) is 4.80. The van der Waals surface area contributed by atoms with E-state index in [2.05, 4.69) is 24.2 Å². The van der Waals surface area contributed by atoms with E-state index in [0.29, 0.717) is 11.8 Å². The van der Waals surface area contributed by atoms with Gasteiger partial charge in [0.1, 0.15) is 6.04 Å². The number of aromatic nitrogens is 3. The highest BCUT2D eigenvalue weighted by Gasteiger charge is 2.29. The van der Waals surface area contributed by atoms with Gasteiger partial charge in [0.2, 0.25) is 5.91 Å². The van der Waals surface area contributed by atoms with Crippen molar-refractivity contribution in [3.05, 3.63) is 34.8 Å². The minimum atomic E-state index is -0.196. The van der Waals surface area contributed by atoms with E-state index in [1.807, 2.05) is 22.6 Å². The van der Waals surface area contributed by atoms with E-state index < -0.39 is 0 Å². The third-order valence-electron chi connectivity index (χ3n) is 4.54. The van der Waals surface area contributed by atoms with Gasteiger partial charge in [-0.05, 0) is 25.7 Å². The van der Waals surface area contributed by atoms with Gasteiger partial charge in [-0.2, -0.15) is 0 Å². The lowest BCUT2D eigenvalue weighted by Crippen LogP contribution is -2.42. The van der Waals surface area contributed by atoms with Crippen LogP contribution in [0.1, 0.15) is 62.2 Å². The second-order valence-electron chi connectivity index (χ2n) is 6.57. The molecule has 6 heteroatoms. The van der Waals surface area contributed by atoms with E-state index in [-0.39, 0.29) is 11.9 Å². The Morgan fingerprint density at radius 1 is 1.39 bits per heavy atom.